The number of rotatable bonds is 3. The lowest BCUT2D eigenvalue weighted by molar-refractivity contribution is 0.414. The summed E-state index contributed by atoms with van der Waals surface area (Å²) in [6.07, 6.45) is 1.53. The molecule has 1 radical (unpaired) electrons. The predicted octanol–water partition coefficient (Wildman–Crippen LogP) is 3.79. The summed E-state index contributed by atoms with van der Waals surface area (Å²) in [5.74, 6) is 1.39. The molecule has 0 aliphatic rings. The van der Waals surface area contributed by atoms with Crippen LogP contribution in [0.1, 0.15) is 0 Å². The van der Waals surface area contributed by atoms with E-state index in [2.05, 4.69) is 26.3 Å². The maximum atomic E-state index is 5.18. The number of nitrogens with zero attached hydrogens (tertiary/aromatic N) is 3. The van der Waals surface area contributed by atoms with E-state index >= 15 is 0 Å². The van der Waals surface area contributed by atoms with Gasteiger partial charge < -0.3 is 10.1 Å². The minimum Gasteiger partial charge on any atom is -0.496 e. The molecule has 0 bridgehead atoms. The third kappa shape index (κ3) is 2.23. The van der Waals surface area contributed by atoms with Gasteiger partial charge in [0, 0.05) is 23.2 Å². The van der Waals surface area contributed by atoms with Gasteiger partial charge >= 0.3 is 0 Å². The summed E-state index contributed by atoms with van der Waals surface area (Å²) in [6, 6.07) is 12.8. The largest absolute Gasteiger partial charge is 0.496 e. The number of nitrogens with one attached hydrogen (secondary N) is 1. The topological polar surface area (TPSA) is 59.9 Å². The predicted molar refractivity (Wildman–Crippen MR) is 87.8 cm³/mol. The molecule has 0 fully saturated rings. The molecule has 2 aromatic carbocycles. The van der Waals surface area contributed by atoms with Crippen LogP contribution in [0.3, 0.4) is 0 Å². The molecule has 0 aliphatic heterocycles. The van der Waals surface area contributed by atoms with Gasteiger partial charge in [-0.05, 0) is 24.3 Å². The van der Waals surface area contributed by atoms with Crippen molar-refractivity contribution in [1.82, 2.24) is 15.0 Å². The Labute approximate surface area is 130 Å². The number of methoxy groups -OCH3 is 1. The second kappa shape index (κ2) is 5.23. The van der Waals surface area contributed by atoms with Crippen LogP contribution in [0, 0.1) is 6.07 Å². The molecule has 0 amide bonds. The molecule has 0 aliphatic carbocycles. The van der Waals surface area contributed by atoms with Gasteiger partial charge in [-0.15, -0.1) is 11.3 Å². The lowest BCUT2D eigenvalue weighted by Crippen LogP contribution is -1.96. The van der Waals surface area contributed by atoms with Gasteiger partial charge in [0.15, 0.2) is 0 Å². The molecule has 107 valence electrons. The third-order valence-corrected chi connectivity index (χ3v) is 4.16. The molecule has 22 heavy (non-hydrogen) atoms. The Kier molecular flexibility index (Phi) is 3.08. The molecule has 0 saturated carbocycles. The minimum atomic E-state index is 0.654. The van der Waals surface area contributed by atoms with Gasteiger partial charge in [-0.2, -0.15) is 0 Å². The molecule has 0 unspecified atom stereocenters. The molecule has 6 heteroatoms. The van der Waals surface area contributed by atoms with Gasteiger partial charge in [0.1, 0.15) is 17.9 Å². The standard InChI is InChI=1S/C16H11N4OS/c1-21-11-3-4-12-13(7-11)17-8-18-16(12)20-10-2-5-15-14(6-10)19-9-22-15/h2,4-9H,1H3,(H,17,18,20). The van der Waals surface area contributed by atoms with Crippen LogP contribution in [-0.4, -0.2) is 22.1 Å². The van der Waals surface area contributed by atoms with Crippen molar-refractivity contribution in [3.8, 4) is 5.75 Å². The fourth-order valence-corrected chi connectivity index (χ4v) is 2.92. The maximum Gasteiger partial charge on any atom is 0.141 e. The first-order chi connectivity index (χ1) is 10.8. The van der Waals surface area contributed by atoms with Crippen molar-refractivity contribution in [2.24, 2.45) is 0 Å². The SMILES string of the molecule is COc1[c]cc2c(Nc3ccc4scnc4c3)ncnc2c1. The van der Waals surface area contributed by atoms with Gasteiger partial charge in [0.25, 0.3) is 0 Å². The zero-order valence-corrected chi connectivity index (χ0v) is 12.5. The van der Waals surface area contributed by atoms with Gasteiger partial charge in [-0.25, -0.2) is 15.0 Å². The quantitative estimate of drug-likeness (QED) is 0.624. The second-order valence-corrected chi connectivity index (χ2v) is 5.57. The van der Waals surface area contributed by atoms with E-state index in [4.69, 9.17) is 4.74 Å². The van der Waals surface area contributed by atoms with E-state index in [1.54, 1.807) is 18.4 Å². The highest BCUT2D eigenvalue weighted by atomic mass is 32.1. The normalized spacial score (nSPS) is 11.0. The number of aromatic nitrogens is 3. The van der Waals surface area contributed by atoms with Gasteiger partial charge in [-0.1, -0.05) is 0 Å². The molecule has 4 rings (SSSR count). The van der Waals surface area contributed by atoms with E-state index in [-0.39, 0.29) is 0 Å². The molecular weight excluding hydrogens is 296 g/mol. The van der Waals surface area contributed by atoms with Crippen LogP contribution in [0.15, 0.2) is 42.2 Å². The Hall–Kier alpha value is -2.73. The average molecular weight is 307 g/mol. The number of hydrogen-bond donors (Lipinski definition) is 1. The summed E-state index contributed by atoms with van der Waals surface area (Å²) in [5, 5.41) is 4.21. The summed E-state index contributed by atoms with van der Waals surface area (Å²) >= 11 is 1.63. The van der Waals surface area contributed by atoms with Gasteiger partial charge in [0.05, 0.1) is 28.4 Å². The molecular formula is C16H11N4OS. The van der Waals surface area contributed by atoms with Crippen LogP contribution < -0.4 is 10.1 Å². The molecule has 0 atom stereocenters. The first kappa shape index (κ1) is 13.0. The number of ether oxygens (including phenoxy) is 1. The van der Waals surface area contributed by atoms with Crippen molar-refractivity contribution in [1.29, 1.82) is 0 Å². The first-order valence-corrected chi connectivity index (χ1v) is 7.52. The number of benzene rings is 2. The summed E-state index contributed by atoms with van der Waals surface area (Å²) in [4.78, 5) is 12.9. The number of fused-ring (bicyclic) bond motifs is 2. The van der Waals surface area contributed by atoms with Crippen LogP contribution in [0.4, 0.5) is 11.5 Å². The Morgan fingerprint density at radius 1 is 1.14 bits per heavy atom. The van der Waals surface area contributed by atoms with Crippen LogP contribution in [0.5, 0.6) is 5.75 Å². The van der Waals surface area contributed by atoms with Gasteiger partial charge in [-0.3, -0.25) is 0 Å². The Morgan fingerprint density at radius 3 is 3.00 bits per heavy atom. The zero-order chi connectivity index (χ0) is 14.9. The van der Waals surface area contributed by atoms with E-state index in [0.717, 1.165) is 32.6 Å². The van der Waals surface area contributed by atoms with Crippen molar-refractivity contribution < 1.29 is 4.74 Å². The molecule has 0 spiro atoms. The van der Waals surface area contributed by atoms with E-state index in [1.165, 1.54) is 6.33 Å². The first-order valence-electron chi connectivity index (χ1n) is 6.64. The highest BCUT2D eigenvalue weighted by Crippen LogP contribution is 2.27. The maximum absolute atomic E-state index is 5.18. The lowest BCUT2D eigenvalue weighted by Gasteiger charge is -2.09. The fraction of sp³-hybridized carbons (Fsp3) is 0.0625. The molecule has 0 saturated heterocycles. The summed E-state index contributed by atoms with van der Waals surface area (Å²) < 4.78 is 6.34. The Balaban J connectivity index is 1.76. The monoisotopic (exact) mass is 307 g/mol. The Morgan fingerprint density at radius 2 is 2.09 bits per heavy atom. The van der Waals surface area contributed by atoms with Crippen molar-refractivity contribution >= 4 is 44.0 Å². The number of hydrogen-bond acceptors (Lipinski definition) is 6. The van der Waals surface area contributed by atoms with E-state index in [0.29, 0.717) is 5.75 Å². The highest BCUT2D eigenvalue weighted by molar-refractivity contribution is 7.16. The van der Waals surface area contributed by atoms with Crippen LogP contribution in [0.2, 0.25) is 0 Å². The van der Waals surface area contributed by atoms with Crippen molar-refractivity contribution in [2.45, 2.75) is 0 Å². The summed E-state index contributed by atoms with van der Waals surface area (Å²) in [6.45, 7) is 0. The Bertz CT molecular complexity index is 967. The van der Waals surface area contributed by atoms with Crippen molar-refractivity contribution in [3.05, 3.63) is 48.2 Å². The molecule has 4 aromatic rings. The second-order valence-electron chi connectivity index (χ2n) is 4.68. The van der Waals surface area contributed by atoms with E-state index in [9.17, 15) is 0 Å². The third-order valence-electron chi connectivity index (χ3n) is 3.35. The molecule has 5 nitrogen and oxygen atoms in total. The van der Waals surface area contributed by atoms with Crippen LogP contribution in [0.25, 0.3) is 21.1 Å². The molecule has 2 aromatic heterocycles. The number of thiazole rings is 1. The van der Waals surface area contributed by atoms with Crippen molar-refractivity contribution in [3.63, 3.8) is 0 Å². The summed E-state index contributed by atoms with van der Waals surface area (Å²) in [5.41, 5.74) is 4.56. The molecule has 1 N–H and O–H groups in total. The molecule has 2 heterocycles. The summed E-state index contributed by atoms with van der Waals surface area (Å²) in [7, 11) is 1.61. The minimum absolute atomic E-state index is 0.654. The van der Waals surface area contributed by atoms with Crippen molar-refractivity contribution in [2.75, 3.05) is 12.4 Å². The number of anilines is 2. The average Bonchev–Trinajstić information content (AvgIpc) is 3.02. The van der Waals surface area contributed by atoms with E-state index in [1.807, 2.05) is 35.8 Å². The lowest BCUT2D eigenvalue weighted by atomic mass is 10.2. The van der Waals surface area contributed by atoms with Gasteiger partial charge in [0.2, 0.25) is 0 Å². The zero-order valence-electron chi connectivity index (χ0n) is 11.7. The highest BCUT2D eigenvalue weighted by Gasteiger charge is 2.06. The van der Waals surface area contributed by atoms with E-state index < -0.39 is 0 Å². The fourth-order valence-electron chi connectivity index (χ4n) is 2.27. The van der Waals surface area contributed by atoms with Crippen LogP contribution in [-0.2, 0) is 0 Å². The smallest absolute Gasteiger partial charge is 0.141 e. The van der Waals surface area contributed by atoms with Crippen LogP contribution >= 0.6 is 11.3 Å².